The van der Waals surface area contributed by atoms with Gasteiger partial charge in [0, 0.05) is 0 Å². The molecule has 4 aromatic carbocycles. The maximum absolute atomic E-state index is 10.7. The molecule has 6 heteroatoms. The van der Waals surface area contributed by atoms with E-state index in [0.29, 0.717) is 19.0 Å². The van der Waals surface area contributed by atoms with Crippen LogP contribution in [0.4, 0.5) is 0 Å². The first-order valence-electron chi connectivity index (χ1n) is 13.3. The molecular formula is C31H36I2O4. The minimum absolute atomic E-state index is 0.133. The number of hydrogen-bond donors (Lipinski definition) is 1. The highest BCUT2D eigenvalue weighted by molar-refractivity contribution is 14.1. The second-order valence-corrected chi connectivity index (χ2v) is 11.9. The first-order chi connectivity index (χ1) is 18.0. The molecule has 4 nitrogen and oxygen atoms in total. The summed E-state index contributed by atoms with van der Waals surface area (Å²) >= 11 is 4.76. The zero-order valence-corrected chi connectivity index (χ0v) is 26.3. The monoisotopic (exact) mass is 726 g/mol. The van der Waals surface area contributed by atoms with Gasteiger partial charge in [-0.25, -0.2) is 0 Å². The third-order valence-corrected chi connectivity index (χ3v) is 8.53. The number of ether oxygens (including phenoxy) is 3. The van der Waals surface area contributed by atoms with Crippen LogP contribution in [0.3, 0.4) is 0 Å². The Labute approximate surface area is 247 Å². The number of unbranched alkanes of at least 4 members (excludes halogenated alkanes) is 6. The van der Waals surface area contributed by atoms with E-state index in [9.17, 15) is 5.11 Å². The number of phenols is 1. The molecule has 0 aliphatic heterocycles. The van der Waals surface area contributed by atoms with E-state index in [-0.39, 0.29) is 5.75 Å². The minimum Gasteiger partial charge on any atom is -0.504 e. The zero-order valence-electron chi connectivity index (χ0n) is 22.0. The Hall–Kier alpha value is -1.68. The molecule has 0 bridgehead atoms. The van der Waals surface area contributed by atoms with Crippen LogP contribution in [0, 0.1) is 7.14 Å². The Morgan fingerprint density at radius 3 is 1.41 bits per heavy atom. The van der Waals surface area contributed by atoms with Crippen LogP contribution in [-0.4, -0.2) is 25.4 Å². The molecule has 0 atom stereocenters. The summed E-state index contributed by atoms with van der Waals surface area (Å²) in [6, 6.07) is 12.5. The molecule has 4 aromatic rings. The summed E-state index contributed by atoms with van der Waals surface area (Å²) in [4.78, 5) is 0. The van der Waals surface area contributed by atoms with E-state index in [4.69, 9.17) is 14.2 Å². The highest BCUT2D eigenvalue weighted by atomic mass is 127. The maximum atomic E-state index is 10.7. The molecule has 4 rings (SSSR count). The molecule has 37 heavy (non-hydrogen) atoms. The SMILES string of the molecule is CCCCCCOc1cc2c3cc(O)c(OC)cc3c3cc(OCCCCCC)c(I)cc3c2cc1I. The van der Waals surface area contributed by atoms with E-state index < -0.39 is 0 Å². The van der Waals surface area contributed by atoms with Gasteiger partial charge < -0.3 is 19.3 Å². The lowest BCUT2D eigenvalue weighted by atomic mass is 9.93. The summed E-state index contributed by atoms with van der Waals surface area (Å²) in [5.41, 5.74) is 0. The Morgan fingerprint density at radius 2 is 0.973 bits per heavy atom. The Bertz CT molecular complexity index is 1380. The molecule has 0 heterocycles. The number of aromatic hydroxyl groups is 1. The van der Waals surface area contributed by atoms with Gasteiger partial charge in [-0.15, -0.1) is 0 Å². The third-order valence-electron chi connectivity index (χ3n) is 6.84. The summed E-state index contributed by atoms with van der Waals surface area (Å²) in [7, 11) is 1.59. The van der Waals surface area contributed by atoms with Crippen molar-refractivity contribution < 1.29 is 19.3 Å². The number of halogens is 2. The van der Waals surface area contributed by atoms with Gasteiger partial charge in [0.1, 0.15) is 11.5 Å². The van der Waals surface area contributed by atoms with Gasteiger partial charge in [0.25, 0.3) is 0 Å². The van der Waals surface area contributed by atoms with E-state index in [0.717, 1.165) is 63.8 Å². The van der Waals surface area contributed by atoms with Crippen molar-refractivity contribution in [1.82, 2.24) is 0 Å². The molecule has 0 aliphatic carbocycles. The van der Waals surface area contributed by atoms with Crippen LogP contribution in [0.25, 0.3) is 32.3 Å². The van der Waals surface area contributed by atoms with Crippen molar-refractivity contribution >= 4 is 77.5 Å². The number of hydrogen-bond acceptors (Lipinski definition) is 4. The lowest BCUT2D eigenvalue weighted by molar-refractivity contribution is 0.303. The largest absolute Gasteiger partial charge is 0.504 e. The van der Waals surface area contributed by atoms with Gasteiger partial charge >= 0.3 is 0 Å². The maximum Gasteiger partial charge on any atom is 0.161 e. The van der Waals surface area contributed by atoms with Gasteiger partial charge in [0.2, 0.25) is 0 Å². The molecule has 0 saturated carbocycles. The summed E-state index contributed by atoms with van der Waals surface area (Å²) < 4.78 is 20.1. The van der Waals surface area contributed by atoms with Crippen molar-refractivity contribution in [2.75, 3.05) is 20.3 Å². The van der Waals surface area contributed by atoms with Gasteiger partial charge in [-0.1, -0.05) is 52.4 Å². The lowest BCUT2D eigenvalue weighted by Crippen LogP contribution is -2.00. The molecular weight excluding hydrogens is 690 g/mol. The van der Waals surface area contributed by atoms with Gasteiger partial charge in [0.05, 0.1) is 27.5 Å². The second-order valence-electron chi connectivity index (χ2n) is 9.54. The number of methoxy groups -OCH3 is 1. The van der Waals surface area contributed by atoms with Crippen LogP contribution in [-0.2, 0) is 0 Å². The number of rotatable bonds is 13. The van der Waals surface area contributed by atoms with E-state index >= 15 is 0 Å². The van der Waals surface area contributed by atoms with Crippen molar-refractivity contribution in [2.45, 2.75) is 65.2 Å². The molecule has 0 saturated heterocycles. The van der Waals surface area contributed by atoms with Crippen LogP contribution in [0.5, 0.6) is 23.0 Å². The summed E-state index contributed by atoms with van der Waals surface area (Å²) in [6.45, 7) is 5.87. The fourth-order valence-corrected chi connectivity index (χ4v) is 6.06. The normalized spacial score (nSPS) is 11.5. The molecule has 0 fully saturated rings. The minimum atomic E-state index is 0.133. The molecule has 0 spiro atoms. The van der Waals surface area contributed by atoms with E-state index in [1.807, 2.05) is 12.1 Å². The van der Waals surface area contributed by atoms with Crippen LogP contribution in [0.15, 0.2) is 36.4 Å². The number of phenolic OH excluding ortho intramolecular Hbond substituents is 1. The quantitative estimate of drug-likeness (QED) is 0.0847. The Balaban J connectivity index is 1.84. The van der Waals surface area contributed by atoms with Crippen molar-refractivity contribution in [3.63, 3.8) is 0 Å². The molecule has 198 valence electrons. The highest BCUT2D eigenvalue weighted by Gasteiger charge is 2.17. The Kier molecular flexibility index (Phi) is 10.3. The number of fused-ring (bicyclic) bond motifs is 6. The van der Waals surface area contributed by atoms with Gasteiger partial charge in [-0.05, 0) is 127 Å². The highest BCUT2D eigenvalue weighted by Crippen LogP contribution is 2.44. The average molecular weight is 726 g/mol. The molecule has 0 aromatic heterocycles. The van der Waals surface area contributed by atoms with E-state index in [1.165, 1.54) is 38.5 Å². The standard InChI is InChI=1S/C31H36I2O4/c1-4-6-8-10-12-36-29-17-23-20(14-26(29)32)21-15-27(33)30(37-13-11-9-7-5-2)18-24(21)25-19-31(35-3)28(34)16-22(23)25/h14-19,34H,4-13H2,1-3H3. The van der Waals surface area contributed by atoms with Gasteiger partial charge in [0.15, 0.2) is 11.5 Å². The summed E-state index contributed by atoms with van der Waals surface area (Å²) in [5.74, 6) is 2.39. The third kappa shape index (κ3) is 6.49. The predicted molar refractivity (Wildman–Crippen MR) is 172 cm³/mol. The summed E-state index contributed by atoms with van der Waals surface area (Å²) in [6.07, 6.45) is 9.38. The van der Waals surface area contributed by atoms with Crippen molar-refractivity contribution in [1.29, 1.82) is 0 Å². The molecule has 1 N–H and O–H groups in total. The molecule has 0 amide bonds. The van der Waals surface area contributed by atoms with Crippen LogP contribution in [0.2, 0.25) is 0 Å². The topological polar surface area (TPSA) is 47.9 Å². The summed E-state index contributed by atoms with van der Waals surface area (Å²) in [5, 5.41) is 17.1. The van der Waals surface area contributed by atoms with Gasteiger partial charge in [-0.3, -0.25) is 0 Å². The predicted octanol–water partition coefficient (Wildman–Crippen LogP) is 9.99. The van der Waals surface area contributed by atoms with Crippen LogP contribution >= 0.6 is 45.2 Å². The average Bonchev–Trinajstić information content (AvgIpc) is 2.89. The molecule has 0 radical (unpaired) electrons. The lowest BCUT2D eigenvalue weighted by Gasteiger charge is -2.17. The fraction of sp³-hybridized carbons (Fsp3) is 0.419. The number of benzene rings is 4. The molecule has 0 unspecified atom stereocenters. The van der Waals surface area contributed by atoms with Crippen molar-refractivity contribution in [3.05, 3.63) is 43.5 Å². The van der Waals surface area contributed by atoms with Crippen molar-refractivity contribution in [3.8, 4) is 23.0 Å². The van der Waals surface area contributed by atoms with E-state index in [1.54, 1.807) is 7.11 Å². The van der Waals surface area contributed by atoms with Gasteiger partial charge in [-0.2, -0.15) is 0 Å². The molecule has 0 aliphatic rings. The van der Waals surface area contributed by atoms with Crippen LogP contribution < -0.4 is 14.2 Å². The van der Waals surface area contributed by atoms with Crippen molar-refractivity contribution in [2.24, 2.45) is 0 Å². The van der Waals surface area contributed by atoms with Crippen LogP contribution in [0.1, 0.15) is 65.2 Å². The second kappa shape index (κ2) is 13.4. The smallest absolute Gasteiger partial charge is 0.161 e. The Morgan fingerprint density at radius 1 is 0.568 bits per heavy atom. The zero-order chi connectivity index (χ0) is 26.4. The first-order valence-corrected chi connectivity index (χ1v) is 15.5. The fourth-order valence-electron chi connectivity index (χ4n) is 4.82. The first kappa shape index (κ1) is 28.3. The van der Waals surface area contributed by atoms with E-state index in [2.05, 4.69) is 83.3 Å².